The number of hydrogen-bond donors (Lipinski definition) is 3. The van der Waals surface area contributed by atoms with Crippen LogP contribution in [0.25, 0.3) is 22.2 Å². The Labute approximate surface area is 221 Å². The lowest BCUT2D eigenvalue weighted by atomic mass is 9.50. The fourth-order valence-electron chi connectivity index (χ4n) is 7.69. The molecule has 8 rings (SSSR count). The first kappa shape index (κ1) is 22.8. The van der Waals surface area contributed by atoms with Crippen LogP contribution in [0, 0.1) is 18.8 Å². The van der Waals surface area contributed by atoms with Crippen molar-refractivity contribution in [3.8, 4) is 11.3 Å². The summed E-state index contributed by atoms with van der Waals surface area (Å²) in [6.45, 7) is 2.04. The number of anilines is 1. The number of para-hydroxylation sites is 1. The van der Waals surface area contributed by atoms with Crippen molar-refractivity contribution in [2.45, 2.75) is 56.5 Å². The second kappa shape index (κ2) is 8.32. The van der Waals surface area contributed by atoms with Crippen LogP contribution in [0.1, 0.15) is 54.4 Å². The molecule has 4 bridgehead atoms. The van der Waals surface area contributed by atoms with Gasteiger partial charge in [-0.05, 0) is 75.5 Å². The van der Waals surface area contributed by atoms with Crippen LogP contribution in [0.5, 0.6) is 0 Å². The average molecular weight is 512 g/mol. The maximum absolute atomic E-state index is 13.3. The molecular formula is C30H30ClN5O. The van der Waals surface area contributed by atoms with Crippen molar-refractivity contribution in [3.63, 3.8) is 0 Å². The second-order valence-electron chi connectivity index (χ2n) is 11.6. The zero-order valence-electron chi connectivity index (χ0n) is 20.9. The van der Waals surface area contributed by atoms with Crippen LogP contribution in [0.3, 0.4) is 0 Å². The highest BCUT2D eigenvalue weighted by atomic mass is 35.5. The molecule has 0 saturated heterocycles. The van der Waals surface area contributed by atoms with E-state index in [1.807, 2.05) is 55.6 Å². The summed E-state index contributed by atoms with van der Waals surface area (Å²) in [5, 5.41) is 8.87. The largest absolute Gasteiger partial charge is 0.360 e. The Balaban J connectivity index is 1.18. The summed E-state index contributed by atoms with van der Waals surface area (Å²) in [6.07, 6.45) is 10.1. The molecule has 3 N–H and O–H groups in total. The Kier molecular flexibility index (Phi) is 5.12. The summed E-state index contributed by atoms with van der Waals surface area (Å²) in [5.74, 6) is 1.81. The van der Waals surface area contributed by atoms with Gasteiger partial charge in [-0.1, -0.05) is 47.5 Å². The molecule has 37 heavy (non-hydrogen) atoms. The van der Waals surface area contributed by atoms with Gasteiger partial charge in [0.25, 0.3) is 5.91 Å². The smallest absolute Gasteiger partial charge is 0.251 e. The highest BCUT2D eigenvalue weighted by molar-refractivity contribution is 6.33. The van der Waals surface area contributed by atoms with Crippen LogP contribution in [-0.4, -0.2) is 31.9 Å². The molecule has 7 heteroatoms. The van der Waals surface area contributed by atoms with Crippen molar-refractivity contribution in [1.82, 2.24) is 20.3 Å². The standard InChI is InChI=1S/C30H30ClN5O/c1-18-6-8-21(9-7-18)27(37)35-29-11-19-10-20(12-29)14-30(13-19,17-29)36-28-33-16-24(31)26(34-28)23-15-32-25-5-3-2-4-22(23)25/h2-9,15-16,19-20,32H,10-14,17H2,1H3,(H,35,37)(H,33,34,36). The summed E-state index contributed by atoms with van der Waals surface area (Å²) in [7, 11) is 0. The van der Waals surface area contributed by atoms with Crippen LogP contribution in [-0.2, 0) is 0 Å². The number of hydrogen-bond acceptors (Lipinski definition) is 4. The van der Waals surface area contributed by atoms with Gasteiger partial charge in [0, 0.05) is 39.3 Å². The van der Waals surface area contributed by atoms with Gasteiger partial charge < -0.3 is 15.6 Å². The van der Waals surface area contributed by atoms with E-state index < -0.39 is 0 Å². The van der Waals surface area contributed by atoms with E-state index in [0.29, 0.717) is 22.8 Å². The first-order chi connectivity index (χ1) is 17.9. The number of carbonyl (C=O) groups excluding carboxylic acids is 1. The second-order valence-corrected chi connectivity index (χ2v) is 12.0. The minimum atomic E-state index is -0.189. The van der Waals surface area contributed by atoms with Crippen LogP contribution in [0.2, 0.25) is 5.02 Å². The van der Waals surface area contributed by atoms with Gasteiger partial charge in [0.15, 0.2) is 0 Å². The van der Waals surface area contributed by atoms with E-state index in [4.69, 9.17) is 16.6 Å². The summed E-state index contributed by atoms with van der Waals surface area (Å²) < 4.78 is 0. The van der Waals surface area contributed by atoms with E-state index >= 15 is 0 Å². The van der Waals surface area contributed by atoms with Crippen molar-refractivity contribution in [3.05, 3.63) is 77.1 Å². The third kappa shape index (κ3) is 3.98. The molecule has 6 nitrogen and oxygen atoms in total. The number of aryl methyl sites for hydroxylation is 1. The van der Waals surface area contributed by atoms with Crippen molar-refractivity contribution < 1.29 is 4.79 Å². The van der Waals surface area contributed by atoms with Gasteiger partial charge in [0.05, 0.1) is 16.9 Å². The predicted octanol–water partition coefficient (Wildman–Crippen LogP) is 6.52. The van der Waals surface area contributed by atoms with Gasteiger partial charge in [-0.15, -0.1) is 0 Å². The van der Waals surface area contributed by atoms with E-state index in [9.17, 15) is 4.79 Å². The van der Waals surface area contributed by atoms with Crippen molar-refractivity contribution in [1.29, 1.82) is 0 Å². The number of H-pyrrole nitrogens is 1. The fraction of sp³-hybridized carbons (Fsp3) is 0.367. The monoisotopic (exact) mass is 511 g/mol. The molecule has 4 aromatic rings. The molecule has 4 aliphatic carbocycles. The highest BCUT2D eigenvalue weighted by Crippen LogP contribution is 2.58. The first-order valence-corrected chi connectivity index (χ1v) is 13.5. The van der Waals surface area contributed by atoms with Gasteiger partial charge >= 0.3 is 0 Å². The molecule has 0 radical (unpaired) electrons. The predicted molar refractivity (Wildman–Crippen MR) is 147 cm³/mol. The molecular weight excluding hydrogens is 482 g/mol. The molecule has 2 aromatic carbocycles. The highest BCUT2D eigenvalue weighted by Gasteiger charge is 2.58. The molecule has 2 atom stereocenters. The molecule has 4 aliphatic rings. The molecule has 0 spiro atoms. The van der Waals surface area contributed by atoms with Gasteiger partial charge in [0.1, 0.15) is 0 Å². The zero-order chi connectivity index (χ0) is 25.2. The van der Waals surface area contributed by atoms with Crippen LogP contribution >= 0.6 is 11.6 Å². The summed E-state index contributed by atoms with van der Waals surface area (Å²) in [6, 6.07) is 16.0. The minimum Gasteiger partial charge on any atom is -0.360 e. The number of benzene rings is 2. The SMILES string of the molecule is Cc1ccc(C(=O)NC23CC4CC(C2)CC(Nc2ncc(Cl)c(-c5c[nH]c6ccccc56)n2)(C4)C3)cc1. The quantitative estimate of drug-likeness (QED) is 0.285. The normalized spacial score (nSPS) is 27.9. The van der Waals surface area contributed by atoms with Crippen molar-refractivity contribution in [2.24, 2.45) is 11.8 Å². The van der Waals surface area contributed by atoms with E-state index in [1.165, 1.54) is 6.42 Å². The molecule has 4 saturated carbocycles. The summed E-state index contributed by atoms with van der Waals surface area (Å²) >= 11 is 6.60. The first-order valence-electron chi connectivity index (χ1n) is 13.2. The van der Waals surface area contributed by atoms with E-state index in [1.54, 1.807) is 6.20 Å². The van der Waals surface area contributed by atoms with E-state index in [0.717, 1.165) is 65.4 Å². The molecule has 188 valence electrons. The third-order valence-corrected chi connectivity index (χ3v) is 9.00. The lowest BCUT2D eigenvalue weighted by Gasteiger charge is -2.62. The molecule has 4 fully saturated rings. The Morgan fingerprint density at radius 1 is 1.03 bits per heavy atom. The molecule has 0 aliphatic heterocycles. The van der Waals surface area contributed by atoms with Gasteiger partial charge in [-0.25, -0.2) is 9.97 Å². The Hall–Kier alpha value is -3.38. The Bertz CT molecular complexity index is 1500. The third-order valence-electron chi connectivity index (χ3n) is 8.72. The van der Waals surface area contributed by atoms with Gasteiger partial charge in [0.2, 0.25) is 5.95 Å². The topological polar surface area (TPSA) is 82.7 Å². The maximum Gasteiger partial charge on any atom is 0.251 e. The number of amides is 1. The van der Waals surface area contributed by atoms with E-state index in [2.05, 4.69) is 26.7 Å². The zero-order valence-corrected chi connectivity index (χ0v) is 21.6. The number of halogens is 1. The lowest BCUT2D eigenvalue weighted by Crippen LogP contribution is -2.67. The van der Waals surface area contributed by atoms with E-state index in [-0.39, 0.29) is 17.0 Å². The average Bonchev–Trinajstić information content (AvgIpc) is 3.28. The Morgan fingerprint density at radius 3 is 2.54 bits per heavy atom. The molecule has 2 heterocycles. The van der Waals surface area contributed by atoms with Gasteiger partial charge in [-0.3, -0.25) is 4.79 Å². The molecule has 2 aromatic heterocycles. The number of carbonyl (C=O) groups is 1. The number of aromatic nitrogens is 3. The molecule has 1 amide bonds. The van der Waals surface area contributed by atoms with Crippen molar-refractivity contribution >= 4 is 34.4 Å². The minimum absolute atomic E-state index is 0.0291. The number of aromatic amines is 1. The van der Waals surface area contributed by atoms with Crippen LogP contribution < -0.4 is 10.6 Å². The number of nitrogens with zero attached hydrogens (tertiary/aromatic N) is 2. The number of rotatable bonds is 5. The summed E-state index contributed by atoms with van der Waals surface area (Å²) in [5.41, 5.74) is 4.31. The maximum atomic E-state index is 13.3. The van der Waals surface area contributed by atoms with Crippen LogP contribution in [0.15, 0.2) is 60.9 Å². The summed E-state index contributed by atoms with van der Waals surface area (Å²) in [4.78, 5) is 26.1. The number of fused-ring (bicyclic) bond motifs is 1. The van der Waals surface area contributed by atoms with Crippen LogP contribution in [0.4, 0.5) is 5.95 Å². The van der Waals surface area contributed by atoms with Crippen molar-refractivity contribution in [2.75, 3.05) is 5.32 Å². The lowest BCUT2D eigenvalue weighted by molar-refractivity contribution is -0.0238. The fourth-order valence-corrected chi connectivity index (χ4v) is 7.89. The Morgan fingerprint density at radius 2 is 1.76 bits per heavy atom. The number of nitrogens with one attached hydrogen (secondary N) is 3. The van der Waals surface area contributed by atoms with Gasteiger partial charge in [-0.2, -0.15) is 0 Å². The molecule has 2 unspecified atom stereocenters.